The Morgan fingerprint density at radius 3 is 1.41 bits per heavy atom. The van der Waals surface area contributed by atoms with Gasteiger partial charge in [0.15, 0.2) is 11.6 Å². The second-order valence-electron chi connectivity index (χ2n) is 11.7. The van der Waals surface area contributed by atoms with Crippen molar-refractivity contribution < 1.29 is 57.4 Å². The molecule has 12 nitrogen and oxygen atoms in total. The lowest BCUT2D eigenvalue weighted by Gasteiger charge is -2.16. The normalized spacial score (nSPS) is 11.5. The summed E-state index contributed by atoms with van der Waals surface area (Å²) < 4.78 is 37.1. The average Bonchev–Trinajstić information content (AvgIpc) is 3.01. The predicted molar refractivity (Wildman–Crippen MR) is 167 cm³/mol. The van der Waals surface area contributed by atoms with Gasteiger partial charge >= 0.3 is 11.9 Å². The van der Waals surface area contributed by atoms with Crippen LogP contribution in [0, 0.1) is 5.41 Å². The summed E-state index contributed by atoms with van der Waals surface area (Å²) in [4.78, 5) is 47.9. The number of hydrogen-bond acceptors (Lipinski definition) is 12. The molecule has 0 amide bonds. The van der Waals surface area contributed by atoms with E-state index in [0.29, 0.717) is 42.3 Å². The van der Waals surface area contributed by atoms with Gasteiger partial charge in [0.1, 0.15) is 56.7 Å². The highest BCUT2D eigenvalue weighted by atomic mass is 16.6. The zero-order chi connectivity index (χ0) is 34.0. The first-order chi connectivity index (χ1) is 21.8. The van der Waals surface area contributed by atoms with Gasteiger partial charge in [-0.15, -0.1) is 0 Å². The molecule has 0 saturated carbocycles. The van der Waals surface area contributed by atoms with Crippen LogP contribution in [0.5, 0.6) is 11.5 Å². The molecule has 0 bridgehead atoms. The minimum Gasteiger partial charge on any atom is -0.490 e. The van der Waals surface area contributed by atoms with E-state index >= 15 is 0 Å². The lowest BCUT2D eigenvalue weighted by atomic mass is 9.86. The fraction of sp³-hybridized carbons (Fsp3) is 0.529. The third-order valence-corrected chi connectivity index (χ3v) is 6.09. The number of ether oxygens (including phenoxy) is 7. The molecule has 0 heterocycles. The van der Waals surface area contributed by atoms with Crippen molar-refractivity contribution in [3.05, 3.63) is 59.7 Å². The number of benzene rings is 2. The fourth-order valence-electron chi connectivity index (χ4n) is 3.70. The second-order valence-corrected chi connectivity index (χ2v) is 11.7. The van der Waals surface area contributed by atoms with Crippen LogP contribution < -0.4 is 9.47 Å². The first kappa shape index (κ1) is 38.3. The summed E-state index contributed by atoms with van der Waals surface area (Å²) in [5, 5.41) is 9.79. The third-order valence-electron chi connectivity index (χ3n) is 6.09. The number of esters is 2. The van der Waals surface area contributed by atoms with Gasteiger partial charge in [0.2, 0.25) is 0 Å². The van der Waals surface area contributed by atoms with E-state index in [1.165, 1.54) is 13.8 Å². The minimum atomic E-state index is -1.45. The number of ketones is 2. The number of aliphatic hydroxyl groups is 1. The Hall–Kier alpha value is -3.84. The predicted octanol–water partition coefficient (Wildman–Crippen LogP) is 3.85. The zero-order valence-corrected chi connectivity index (χ0v) is 27.3. The van der Waals surface area contributed by atoms with E-state index in [9.17, 15) is 24.3 Å². The van der Waals surface area contributed by atoms with Crippen LogP contribution in [0.15, 0.2) is 48.5 Å². The van der Waals surface area contributed by atoms with Gasteiger partial charge in [-0.25, -0.2) is 9.59 Å². The van der Waals surface area contributed by atoms with Gasteiger partial charge < -0.3 is 38.3 Å². The van der Waals surface area contributed by atoms with Crippen LogP contribution in [0.2, 0.25) is 0 Å². The monoisotopic (exact) mass is 646 g/mol. The van der Waals surface area contributed by atoms with Crippen LogP contribution in [-0.4, -0.2) is 100 Å². The summed E-state index contributed by atoms with van der Waals surface area (Å²) in [6, 6.07) is 13.2. The number of carbonyl (C=O) groups excluding carboxylic acids is 4. The average molecular weight is 647 g/mol. The number of rotatable bonds is 22. The lowest BCUT2D eigenvalue weighted by molar-refractivity contribution is -0.151. The Kier molecular flexibility index (Phi) is 16.4. The molecular weight excluding hydrogens is 600 g/mol. The van der Waals surface area contributed by atoms with Crippen molar-refractivity contribution >= 4 is 23.5 Å². The van der Waals surface area contributed by atoms with Crippen molar-refractivity contribution in [2.45, 2.75) is 46.6 Å². The van der Waals surface area contributed by atoms with Crippen LogP contribution in [0.25, 0.3) is 0 Å². The van der Waals surface area contributed by atoms with E-state index < -0.39 is 28.7 Å². The standard InChI is InChI=1S/C34H46O12/c1-33(2,3)31(37)25-7-11-27(12-8-25)43-19-21-45-29(35)23-41-16-6-15-40-17-18-42-24-30(36)46-22-20-44-28-13-9-26(10-14-28)32(38)34(4,5)39/h7-14,39H,6,15-24H2,1-5H3. The Bertz CT molecular complexity index is 1130. The van der Waals surface area contributed by atoms with Gasteiger partial charge in [0.05, 0.1) is 13.2 Å². The number of carbonyl (C=O) groups is 4. The highest BCUT2D eigenvalue weighted by Gasteiger charge is 2.25. The third kappa shape index (κ3) is 15.4. The largest absolute Gasteiger partial charge is 0.490 e. The van der Waals surface area contributed by atoms with Gasteiger partial charge in [-0.2, -0.15) is 0 Å². The molecule has 46 heavy (non-hydrogen) atoms. The van der Waals surface area contributed by atoms with E-state index in [4.69, 9.17) is 33.2 Å². The minimum absolute atomic E-state index is 0.0286. The van der Waals surface area contributed by atoms with E-state index in [2.05, 4.69) is 0 Å². The van der Waals surface area contributed by atoms with Crippen LogP contribution in [0.1, 0.15) is 61.8 Å². The molecule has 0 radical (unpaired) electrons. The molecular formula is C34H46O12. The molecule has 0 atom stereocenters. The van der Waals surface area contributed by atoms with Crippen molar-refractivity contribution in [3.63, 3.8) is 0 Å². The summed E-state index contributed by atoms with van der Waals surface area (Å²) in [6.45, 7) is 9.62. The molecule has 0 aliphatic rings. The summed E-state index contributed by atoms with van der Waals surface area (Å²) in [6.07, 6.45) is 0.560. The topological polar surface area (TPSA) is 153 Å². The van der Waals surface area contributed by atoms with E-state index in [1.807, 2.05) is 20.8 Å². The van der Waals surface area contributed by atoms with Crippen molar-refractivity contribution in [2.24, 2.45) is 5.41 Å². The van der Waals surface area contributed by atoms with Gasteiger partial charge in [-0.3, -0.25) is 9.59 Å². The van der Waals surface area contributed by atoms with Gasteiger partial charge in [0, 0.05) is 29.8 Å². The molecule has 0 saturated heterocycles. The maximum absolute atomic E-state index is 12.3. The van der Waals surface area contributed by atoms with Gasteiger partial charge in [-0.05, 0) is 68.8 Å². The highest BCUT2D eigenvalue weighted by molar-refractivity contribution is 6.01. The Labute approximate surface area is 270 Å². The zero-order valence-electron chi connectivity index (χ0n) is 27.3. The maximum atomic E-state index is 12.3. The van der Waals surface area contributed by atoms with Crippen LogP contribution in [-0.2, 0) is 33.3 Å². The second kappa shape index (κ2) is 19.6. The lowest BCUT2D eigenvalue weighted by Crippen LogP contribution is -2.30. The first-order valence-electron chi connectivity index (χ1n) is 15.1. The molecule has 12 heteroatoms. The highest BCUT2D eigenvalue weighted by Crippen LogP contribution is 2.22. The van der Waals surface area contributed by atoms with Crippen LogP contribution >= 0.6 is 0 Å². The molecule has 0 aliphatic carbocycles. The maximum Gasteiger partial charge on any atom is 0.332 e. The molecule has 2 aromatic rings. The van der Waals surface area contributed by atoms with E-state index in [1.54, 1.807) is 48.5 Å². The molecule has 0 aromatic heterocycles. The van der Waals surface area contributed by atoms with Crippen molar-refractivity contribution in [2.75, 3.05) is 66.1 Å². The van der Waals surface area contributed by atoms with Crippen molar-refractivity contribution in [1.82, 2.24) is 0 Å². The summed E-state index contributed by atoms with van der Waals surface area (Å²) in [5.74, 6) is -0.304. The Morgan fingerprint density at radius 2 is 0.957 bits per heavy atom. The Balaban J connectivity index is 1.39. The first-order valence-corrected chi connectivity index (χ1v) is 15.1. The van der Waals surface area contributed by atoms with Crippen molar-refractivity contribution in [3.8, 4) is 11.5 Å². The fourth-order valence-corrected chi connectivity index (χ4v) is 3.70. The molecule has 1 N–H and O–H groups in total. The number of Topliss-reactive ketones (excluding diaryl/α,β-unsaturated/α-hetero) is 2. The summed E-state index contributed by atoms with van der Waals surface area (Å²) in [7, 11) is 0. The molecule has 0 aliphatic heterocycles. The van der Waals surface area contributed by atoms with Crippen LogP contribution in [0.3, 0.4) is 0 Å². The molecule has 2 rings (SSSR count). The number of hydrogen-bond donors (Lipinski definition) is 1. The summed E-state index contributed by atoms with van der Waals surface area (Å²) >= 11 is 0. The SMILES string of the molecule is CC(C)(C)C(=O)c1ccc(OCCOC(=O)COCCCOCCOCC(=O)OCCOc2ccc(C(=O)C(C)(C)O)cc2)cc1. The van der Waals surface area contributed by atoms with Crippen molar-refractivity contribution in [1.29, 1.82) is 0 Å². The van der Waals surface area contributed by atoms with E-state index in [-0.39, 0.29) is 58.6 Å². The van der Waals surface area contributed by atoms with Crippen LogP contribution in [0.4, 0.5) is 0 Å². The molecule has 0 spiro atoms. The molecule has 0 unspecified atom stereocenters. The smallest absolute Gasteiger partial charge is 0.332 e. The molecule has 2 aromatic carbocycles. The van der Waals surface area contributed by atoms with E-state index in [0.717, 1.165) is 0 Å². The summed E-state index contributed by atoms with van der Waals surface area (Å²) in [5.41, 5.74) is -0.926. The van der Waals surface area contributed by atoms with Gasteiger partial charge in [-0.1, -0.05) is 20.8 Å². The Morgan fingerprint density at radius 1 is 0.543 bits per heavy atom. The van der Waals surface area contributed by atoms with Gasteiger partial charge in [0.25, 0.3) is 0 Å². The quantitative estimate of drug-likeness (QED) is 0.112. The molecule has 0 fully saturated rings. The molecule has 254 valence electrons.